The molecular formula is C31H42F6O12. The van der Waals surface area contributed by atoms with Crippen LogP contribution in [0.3, 0.4) is 0 Å². The number of esters is 6. The van der Waals surface area contributed by atoms with Gasteiger partial charge in [0, 0.05) is 11.8 Å². The zero-order valence-electron chi connectivity index (χ0n) is 28.5. The summed E-state index contributed by atoms with van der Waals surface area (Å²) in [5.41, 5.74) is -2.98. The fourth-order valence-electron chi connectivity index (χ4n) is 5.48. The van der Waals surface area contributed by atoms with Crippen LogP contribution in [0.4, 0.5) is 26.3 Å². The number of halogens is 6. The maximum Gasteiger partial charge on any atom is 0.434 e. The van der Waals surface area contributed by atoms with Crippen LogP contribution < -0.4 is 0 Å². The second-order valence-electron chi connectivity index (χ2n) is 13.8. The summed E-state index contributed by atoms with van der Waals surface area (Å²) in [5, 5.41) is 0. The second-order valence-corrected chi connectivity index (χ2v) is 13.8. The van der Waals surface area contributed by atoms with Gasteiger partial charge in [-0.15, -0.1) is 0 Å². The molecule has 2 bridgehead atoms. The summed E-state index contributed by atoms with van der Waals surface area (Å²) in [6.45, 7) is 12.5. The summed E-state index contributed by atoms with van der Waals surface area (Å²) < 4.78 is 105. The van der Waals surface area contributed by atoms with Gasteiger partial charge in [0.15, 0.2) is 6.61 Å². The molecule has 280 valence electrons. The van der Waals surface area contributed by atoms with E-state index in [4.69, 9.17) is 18.9 Å². The minimum Gasteiger partial charge on any atom is -0.466 e. The molecule has 0 N–H and O–H groups in total. The number of alkyl halides is 6. The molecule has 2 saturated carbocycles. The largest absolute Gasteiger partial charge is 0.466 e. The summed E-state index contributed by atoms with van der Waals surface area (Å²) in [6, 6.07) is 0. The van der Waals surface area contributed by atoms with Crippen molar-refractivity contribution < 1.29 is 83.5 Å². The predicted molar refractivity (Wildman–Crippen MR) is 152 cm³/mol. The highest BCUT2D eigenvalue weighted by Crippen LogP contribution is 2.59. The van der Waals surface area contributed by atoms with Crippen LogP contribution in [0.2, 0.25) is 0 Å². The van der Waals surface area contributed by atoms with E-state index in [1.807, 2.05) is 6.92 Å². The lowest BCUT2D eigenvalue weighted by molar-refractivity contribution is -0.315. The van der Waals surface area contributed by atoms with Gasteiger partial charge in [-0.2, -0.15) is 26.3 Å². The van der Waals surface area contributed by atoms with Gasteiger partial charge < -0.3 is 28.4 Å². The molecule has 0 aromatic heterocycles. The number of carbonyl (C=O) groups excluding carboxylic acids is 6. The number of hydrogen-bond acceptors (Lipinski definition) is 12. The van der Waals surface area contributed by atoms with Crippen molar-refractivity contribution in [3.8, 4) is 0 Å². The molecule has 0 aromatic carbocycles. The highest BCUT2D eigenvalue weighted by Gasteiger charge is 2.71. The second kappa shape index (κ2) is 14.7. The van der Waals surface area contributed by atoms with E-state index in [0.717, 1.165) is 0 Å². The fraction of sp³-hybridized carbons (Fsp3) is 0.806. The molecule has 3 fully saturated rings. The van der Waals surface area contributed by atoms with Gasteiger partial charge in [-0.3, -0.25) is 19.2 Å². The molecule has 0 aromatic rings. The topological polar surface area (TPSA) is 158 Å². The molecule has 2 aliphatic carbocycles. The van der Waals surface area contributed by atoms with Crippen molar-refractivity contribution in [2.45, 2.75) is 111 Å². The number of ether oxygens (including phenoxy) is 6. The molecule has 18 heteroatoms. The lowest BCUT2D eigenvalue weighted by Crippen LogP contribution is -2.50. The van der Waals surface area contributed by atoms with Crippen LogP contribution in [0.25, 0.3) is 0 Å². The van der Waals surface area contributed by atoms with E-state index in [9.17, 15) is 55.1 Å². The smallest absolute Gasteiger partial charge is 0.434 e. The van der Waals surface area contributed by atoms with E-state index in [1.165, 1.54) is 21.0 Å². The van der Waals surface area contributed by atoms with Gasteiger partial charge in [0.2, 0.25) is 5.60 Å². The molecule has 12 nitrogen and oxygen atoms in total. The Morgan fingerprint density at radius 1 is 0.816 bits per heavy atom. The Labute approximate surface area is 278 Å². The van der Waals surface area contributed by atoms with Gasteiger partial charge in [-0.25, -0.2) is 9.59 Å². The Morgan fingerprint density at radius 3 is 1.80 bits per heavy atom. The van der Waals surface area contributed by atoms with Gasteiger partial charge in [0.1, 0.15) is 12.2 Å². The third-order valence-electron chi connectivity index (χ3n) is 9.13. The molecule has 6 atom stereocenters. The van der Waals surface area contributed by atoms with Crippen molar-refractivity contribution in [1.29, 1.82) is 0 Å². The molecular weight excluding hydrogens is 678 g/mol. The summed E-state index contributed by atoms with van der Waals surface area (Å²) in [5.74, 6) is -9.80. The molecule has 6 unspecified atom stereocenters. The Morgan fingerprint density at radius 2 is 1.33 bits per heavy atom. The number of rotatable bonds is 11. The van der Waals surface area contributed by atoms with Gasteiger partial charge in [0.25, 0.3) is 6.10 Å². The maximum atomic E-state index is 12.8. The molecule has 1 saturated heterocycles. The highest BCUT2D eigenvalue weighted by molar-refractivity contribution is 5.87. The lowest BCUT2D eigenvalue weighted by Gasteiger charge is -2.33. The van der Waals surface area contributed by atoms with Gasteiger partial charge in [0.05, 0.1) is 29.8 Å². The summed E-state index contributed by atoms with van der Waals surface area (Å²) >= 11 is 0. The van der Waals surface area contributed by atoms with Crippen molar-refractivity contribution in [3.05, 3.63) is 0 Å². The summed E-state index contributed by atoms with van der Waals surface area (Å²) in [7, 11) is 1.20. The highest BCUT2D eigenvalue weighted by atomic mass is 19.4. The first-order chi connectivity index (χ1) is 22.2. The van der Waals surface area contributed by atoms with Crippen molar-refractivity contribution in [2.24, 2.45) is 34.5 Å². The molecule has 49 heavy (non-hydrogen) atoms. The summed E-state index contributed by atoms with van der Waals surface area (Å²) in [6.07, 6.45) is -17.0. The van der Waals surface area contributed by atoms with E-state index in [1.54, 1.807) is 34.6 Å². The minimum absolute atomic E-state index is 0.0913. The molecule has 3 aliphatic rings. The minimum atomic E-state index is -5.87. The Balaban J connectivity index is 0.000000381. The third kappa shape index (κ3) is 9.35. The van der Waals surface area contributed by atoms with E-state index in [-0.39, 0.29) is 6.42 Å². The van der Waals surface area contributed by atoms with E-state index in [2.05, 4.69) is 9.47 Å². The molecule has 3 rings (SSSR count). The first-order valence-corrected chi connectivity index (χ1v) is 15.4. The van der Waals surface area contributed by atoms with Crippen LogP contribution in [0.15, 0.2) is 0 Å². The molecule has 0 radical (unpaired) electrons. The predicted octanol–water partition coefficient (Wildman–Crippen LogP) is 4.64. The first-order valence-electron chi connectivity index (χ1n) is 15.4. The van der Waals surface area contributed by atoms with Crippen LogP contribution in [0.1, 0.15) is 74.7 Å². The van der Waals surface area contributed by atoms with Crippen LogP contribution in [0, 0.1) is 34.5 Å². The number of methoxy groups -OCH3 is 1. The van der Waals surface area contributed by atoms with E-state index < -0.39 is 113 Å². The zero-order valence-corrected chi connectivity index (χ0v) is 28.5. The normalized spacial score (nSPS) is 24.8. The standard InChI is InChI=1S/C18H20F6O6.C13H22O6/c1-4-16(2,3)15(27)29-11-7-5-6-8(12(25)28-10(6)11)9(7)13(26)30-14(17(19,20)21)18(22,23)24;1-7-12(2,3)10(15)18-8-9(14)19-13(4,5)11(16)17-6/h6-11,14H,4-5H2,1-3H3;7-8H2,1-6H3. The average molecular weight is 721 g/mol. The molecule has 0 amide bonds. The number of carbonyl (C=O) groups is 6. The quantitative estimate of drug-likeness (QED) is 0.166. The molecule has 1 heterocycles. The SMILES string of the molecule is CCC(C)(C)C(=O)OC1C2CC3C1OC(=O)C3C2C(=O)OC(C(F)(F)F)C(F)(F)F.CCC(C)(C)C(=O)OCC(=O)OC(C)(C)C(=O)OC. The Hall–Kier alpha value is -3.60. The molecule has 1 aliphatic heterocycles. The molecule has 0 spiro atoms. The summed E-state index contributed by atoms with van der Waals surface area (Å²) in [4.78, 5) is 71.4. The van der Waals surface area contributed by atoms with Crippen molar-refractivity contribution in [2.75, 3.05) is 13.7 Å². The fourth-order valence-corrected chi connectivity index (χ4v) is 5.48. The number of hydrogen-bond donors (Lipinski definition) is 0. The van der Waals surface area contributed by atoms with Crippen LogP contribution in [-0.4, -0.2) is 85.8 Å². The van der Waals surface area contributed by atoms with Crippen molar-refractivity contribution >= 4 is 35.8 Å². The lowest BCUT2D eigenvalue weighted by atomic mass is 9.78. The number of fused-ring (bicyclic) bond motifs is 1. The Bertz CT molecular complexity index is 1270. The maximum absolute atomic E-state index is 12.8. The first kappa shape index (κ1) is 41.6. The van der Waals surface area contributed by atoms with Gasteiger partial charge in [-0.1, -0.05) is 13.8 Å². The van der Waals surface area contributed by atoms with Crippen LogP contribution in [0.5, 0.6) is 0 Å². The van der Waals surface area contributed by atoms with Gasteiger partial charge in [-0.05, 0) is 60.8 Å². The van der Waals surface area contributed by atoms with E-state index in [0.29, 0.717) is 12.8 Å². The monoisotopic (exact) mass is 720 g/mol. The average Bonchev–Trinajstić information content (AvgIpc) is 3.60. The third-order valence-corrected chi connectivity index (χ3v) is 9.13. The van der Waals surface area contributed by atoms with Gasteiger partial charge >= 0.3 is 48.2 Å². The van der Waals surface area contributed by atoms with E-state index >= 15 is 0 Å². The zero-order chi connectivity index (χ0) is 38.1. The van der Waals surface area contributed by atoms with Crippen molar-refractivity contribution in [3.63, 3.8) is 0 Å². The van der Waals surface area contributed by atoms with Crippen LogP contribution >= 0.6 is 0 Å². The van der Waals surface area contributed by atoms with Crippen LogP contribution in [-0.2, 0) is 57.2 Å². The Kier molecular flexibility index (Phi) is 12.5. The van der Waals surface area contributed by atoms with Crippen molar-refractivity contribution in [1.82, 2.24) is 0 Å².